The lowest BCUT2D eigenvalue weighted by Crippen LogP contribution is -2.38. The van der Waals surface area contributed by atoms with Crippen LogP contribution in [0.4, 0.5) is 0 Å². The van der Waals surface area contributed by atoms with E-state index in [2.05, 4.69) is 45.9 Å². The molecule has 0 N–H and O–H groups in total. The van der Waals surface area contributed by atoms with Crippen LogP contribution in [0.5, 0.6) is 0 Å². The second-order valence-electron chi connectivity index (χ2n) is 9.41. The fourth-order valence-electron chi connectivity index (χ4n) is 4.86. The molecule has 3 aliphatic rings. The zero-order chi connectivity index (χ0) is 20.1. The van der Waals surface area contributed by atoms with E-state index in [9.17, 15) is 4.79 Å². The first-order chi connectivity index (χ1) is 13.4. The minimum absolute atomic E-state index is 0.0295. The van der Waals surface area contributed by atoms with E-state index < -0.39 is 5.60 Å². The van der Waals surface area contributed by atoms with Crippen molar-refractivity contribution in [3.05, 3.63) is 35.1 Å². The van der Waals surface area contributed by atoms with Gasteiger partial charge in [-0.25, -0.2) is 4.79 Å². The maximum absolute atomic E-state index is 12.4. The van der Waals surface area contributed by atoms with Crippen LogP contribution in [-0.4, -0.2) is 18.2 Å². The van der Waals surface area contributed by atoms with Crippen LogP contribution in [0.25, 0.3) is 0 Å². The van der Waals surface area contributed by atoms with Gasteiger partial charge in [-0.05, 0) is 69.4 Å². The van der Waals surface area contributed by atoms with Crippen molar-refractivity contribution in [2.75, 3.05) is 6.61 Å². The lowest BCUT2D eigenvalue weighted by molar-refractivity contribution is -0.167. The Morgan fingerprint density at radius 1 is 1.21 bits per heavy atom. The van der Waals surface area contributed by atoms with Crippen LogP contribution in [0.15, 0.2) is 35.1 Å². The Balaban J connectivity index is 1.49. The van der Waals surface area contributed by atoms with Gasteiger partial charge in [0.1, 0.15) is 5.60 Å². The summed E-state index contributed by atoms with van der Waals surface area (Å²) in [4.78, 5) is 12.4. The van der Waals surface area contributed by atoms with Gasteiger partial charge in [0.05, 0.1) is 5.76 Å². The predicted octanol–water partition coefficient (Wildman–Crippen LogP) is 6.50. The first-order valence-corrected chi connectivity index (χ1v) is 11.3. The highest BCUT2D eigenvalue weighted by atomic mass is 16.6. The fraction of sp³-hybridized carbons (Fsp3) is 0.720. The van der Waals surface area contributed by atoms with Gasteiger partial charge in [0.15, 0.2) is 6.61 Å². The molecular formula is C25H38O3. The minimum Gasteiger partial charge on any atom is -0.487 e. The summed E-state index contributed by atoms with van der Waals surface area (Å²) in [6, 6.07) is 0. The number of hydrogen-bond donors (Lipinski definition) is 0. The van der Waals surface area contributed by atoms with E-state index in [0.29, 0.717) is 17.8 Å². The molecule has 1 fully saturated rings. The van der Waals surface area contributed by atoms with Crippen LogP contribution >= 0.6 is 0 Å². The molecular weight excluding hydrogens is 348 g/mol. The number of ether oxygens (including phenoxy) is 2. The van der Waals surface area contributed by atoms with Gasteiger partial charge in [-0.3, -0.25) is 0 Å². The van der Waals surface area contributed by atoms with E-state index in [4.69, 9.17) is 9.47 Å². The third-order valence-corrected chi connectivity index (χ3v) is 7.01. The van der Waals surface area contributed by atoms with Crippen LogP contribution in [0.3, 0.4) is 0 Å². The Morgan fingerprint density at radius 2 is 1.96 bits per heavy atom. The topological polar surface area (TPSA) is 35.5 Å². The summed E-state index contributed by atoms with van der Waals surface area (Å²) in [6.45, 7) is 8.69. The van der Waals surface area contributed by atoms with Crippen LogP contribution < -0.4 is 0 Å². The Morgan fingerprint density at radius 3 is 2.68 bits per heavy atom. The molecule has 3 rings (SSSR count). The molecule has 2 unspecified atom stereocenters. The number of hydrogen-bond acceptors (Lipinski definition) is 3. The normalized spacial score (nSPS) is 24.4. The van der Waals surface area contributed by atoms with Crippen LogP contribution in [0.2, 0.25) is 0 Å². The van der Waals surface area contributed by atoms with Gasteiger partial charge >= 0.3 is 5.97 Å². The van der Waals surface area contributed by atoms with E-state index in [1.165, 1.54) is 36.8 Å². The van der Waals surface area contributed by atoms with Crippen molar-refractivity contribution in [1.29, 1.82) is 0 Å². The van der Waals surface area contributed by atoms with Gasteiger partial charge in [0.2, 0.25) is 0 Å². The highest BCUT2D eigenvalue weighted by Crippen LogP contribution is 2.37. The van der Waals surface area contributed by atoms with Crippen molar-refractivity contribution in [2.24, 2.45) is 17.8 Å². The number of esters is 1. The first-order valence-electron chi connectivity index (χ1n) is 11.3. The Bertz CT molecular complexity index is 647. The molecule has 28 heavy (non-hydrogen) atoms. The van der Waals surface area contributed by atoms with Gasteiger partial charge in [0.25, 0.3) is 0 Å². The summed E-state index contributed by atoms with van der Waals surface area (Å²) in [5.41, 5.74) is 2.62. The zero-order valence-corrected chi connectivity index (χ0v) is 18.3. The van der Waals surface area contributed by atoms with E-state index in [1.54, 1.807) is 0 Å². The minimum atomic E-state index is -0.391. The van der Waals surface area contributed by atoms with E-state index in [-0.39, 0.29) is 12.6 Å². The Hall–Kier alpha value is -1.51. The molecule has 1 saturated carbocycles. The molecule has 0 saturated heterocycles. The number of allylic oxidation sites excluding steroid dienone is 6. The monoisotopic (exact) mass is 386 g/mol. The van der Waals surface area contributed by atoms with Gasteiger partial charge < -0.3 is 9.47 Å². The van der Waals surface area contributed by atoms with Crippen molar-refractivity contribution in [1.82, 2.24) is 0 Å². The molecule has 0 radical (unpaired) electrons. The Kier molecular flexibility index (Phi) is 7.06. The highest BCUT2D eigenvalue weighted by molar-refractivity contribution is 5.71. The van der Waals surface area contributed by atoms with Crippen molar-refractivity contribution in [2.45, 2.75) is 91.1 Å². The number of fused-ring (bicyclic) bond motifs is 1. The molecule has 0 bridgehead atoms. The molecule has 2 atom stereocenters. The van der Waals surface area contributed by atoms with E-state index >= 15 is 0 Å². The lowest BCUT2D eigenvalue weighted by Gasteiger charge is -2.36. The Labute approximate surface area is 171 Å². The fourth-order valence-corrected chi connectivity index (χ4v) is 4.86. The number of carbonyl (C=O) groups is 1. The lowest BCUT2D eigenvalue weighted by atomic mass is 9.79. The molecule has 3 nitrogen and oxygen atoms in total. The van der Waals surface area contributed by atoms with Crippen molar-refractivity contribution >= 4 is 5.97 Å². The molecule has 0 aromatic carbocycles. The van der Waals surface area contributed by atoms with E-state index in [1.807, 2.05) is 0 Å². The number of carbonyl (C=O) groups excluding carboxylic acids is 1. The molecule has 3 aliphatic carbocycles. The average molecular weight is 387 g/mol. The average Bonchev–Trinajstić information content (AvgIpc) is 2.71. The summed E-state index contributed by atoms with van der Waals surface area (Å²) < 4.78 is 11.7. The third kappa shape index (κ3) is 5.30. The van der Waals surface area contributed by atoms with Crippen molar-refractivity contribution < 1.29 is 14.3 Å². The highest BCUT2D eigenvalue weighted by Gasteiger charge is 2.34. The molecule has 0 heterocycles. The summed E-state index contributed by atoms with van der Waals surface area (Å²) >= 11 is 0. The largest absolute Gasteiger partial charge is 0.487 e. The standard InChI is InChI=1S/C25H38O3/c1-5-18(2)19-11-12-21-16-23(14-13-20(21)15-19)27-17-24(26)28-25(3,4)22-9-7-6-8-10-22/h11,15-16,18,21-22H,5-10,12-14,17H2,1-4H3. The van der Waals surface area contributed by atoms with Crippen LogP contribution in [0, 0.1) is 17.8 Å². The molecule has 0 aromatic heterocycles. The van der Waals surface area contributed by atoms with E-state index in [0.717, 1.165) is 37.9 Å². The van der Waals surface area contributed by atoms with Gasteiger partial charge in [-0.1, -0.05) is 50.8 Å². The predicted molar refractivity (Wildman–Crippen MR) is 114 cm³/mol. The van der Waals surface area contributed by atoms with Gasteiger partial charge in [0, 0.05) is 12.3 Å². The van der Waals surface area contributed by atoms with Gasteiger partial charge in [-0.2, -0.15) is 0 Å². The molecule has 156 valence electrons. The SMILES string of the molecule is CCC(C)C1=CCC2C=C(OCC(=O)OC(C)(C)C3CCCCC3)CCC2=C1. The molecule has 3 heteroatoms. The third-order valence-electron chi connectivity index (χ3n) is 7.01. The second-order valence-corrected chi connectivity index (χ2v) is 9.41. The summed E-state index contributed by atoms with van der Waals surface area (Å²) in [5, 5.41) is 0. The maximum atomic E-state index is 12.4. The van der Waals surface area contributed by atoms with Crippen molar-refractivity contribution in [3.63, 3.8) is 0 Å². The maximum Gasteiger partial charge on any atom is 0.344 e. The smallest absolute Gasteiger partial charge is 0.344 e. The summed E-state index contributed by atoms with van der Waals surface area (Å²) in [6.07, 6.45) is 17.3. The number of rotatable bonds is 7. The second kappa shape index (κ2) is 9.33. The van der Waals surface area contributed by atoms with Crippen LogP contribution in [0.1, 0.15) is 85.5 Å². The summed E-state index contributed by atoms with van der Waals surface area (Å²) in [5.74, 6) is 2.26. The molecule has 0 amide bonds. The summed E-state index contributed by atoms with van der Waals surface area (Å²) in [7, 11) is 0. The van der Waals surface area contributed by atoms with Gasteiger partial charge in [-0.15, -0.1) is 0 Å². The van der Waals surface area contributed by atoms with Crippen LogP contribution in [-0.2, 0) is 14.3 Å². The zero-order valence-electron chi connectivity index (χ0n) is 18.3. The molecule has 0 aromatic rings. The van der Waals surface area contributed by atoms with Crippen molar-refractivity contribution in [3.8, 4) is 0 Å². The first kappa shape index (κ1) is 21.2. The quantitative estimate of drug-likeness (QED) is 0.468. The molecule has 0 spiro atoms. The molecule has 0 aliphatic heterocycles.